The monoisotopic (exact) mass is 341 g/mol. The smallest absolute Gasteiger partial charge is 0.174 e. The van der Waals surface area contributed by atoms with E-state index in [1.165, 1.54) is 0 Å². The molecule has 2 aromatic carbocycles. The van der Waals surface area contributed by atoms with Gasteiger partial charge in [0.05, 0.1) is 11.3 Å². The minimum atomic E-state index is 0.0428. The highest BCUT2D eigenvalue weighted by molar-refractivity contribution is 9.10. The van der Waals surface area contributed by atoms with Gasteiger partial charge in [0.25, 0.3) is 0 Å². The van der Waals surface area contributed by atoms with E-state index in [2.05, 4.69) is 27.3 Å². The predicted molar refractivity (Wildman–Crippen MR) is 83.7 cm³/mol. The number of nitriles is 2. The van der Waals surface area contributed by atoms with Crippen LogP contribution in [0.3, 0.4) is 0 Å². The minimum absolute atomic E-state index is 0.0428. The maximum Gasteiger partial charge on any atom is 0.174 e. The summed E-state index contributed by atoms with van der Waals surface area (Å²) in [4.78, 5) is 0. The Hall–Kier alpha value is -2.50. The van der Waals surface area contributed by atoms with Crippen molar-refractivity contribution >= 4 is 21.6 Å². The van der Waals surface area contributed by atoms with Gasteiger partial charge < -0.3 is 10.1 Å². The standard InChI is InChI=1S/C16H12BrN3O/c17-14-4-3-13(10-19)16(9-14)20-11-12-1-5-15(6-2-12)21-8-7-18/h1-6,9,20H,8,11H2. The first-order valence-corrected chi connectivity index (χ1v) is 7.04. The van der Waals surface area contributed by atoms with Crippen LogP contribution in [0.2, 0.25) is 0 Å². The van der Waals surface area contributed by atoms with Gasteiger partial charge in [0.1, 0.15) is 17.9 Å². The molecule has 104 valence electrons. The van der Waals surface area contributed by atoms with Gasteiger partial charge >= 0.3 is 0 Å². The van der Waals surface area contributed by atoms with Crippen LogP contribution in [-0.4, -0.2) is 6.61 Å². The van der Waals surface area contributed by atoms with Crippen molar-refractivity contribution in [2.24, 2.45) is 0 Å². The van der Waals surface area contributed by atoms with Gasteiger partial charge in [-0.2, -0.15) is 10.5 Å². The van der Waals surface area contributed by atoms with Crippen molar-refractivity contribution in [2.75, 3.05) is 11.9 Å². The van der Waals surface area contributed by atoms with E-state index < -0.39 is 0 Å². The van der Waals surface area contributed by atoms with Crippen molar-refractivity contribution in [2.45, 2.75) is 6.54 Å². The molecular weight excluding hydrogens is 330 g/mol. The van der Waals surface area contributed by atoms with Crippen molar-refractivity contribution in [1.82, 2.24) is 0 Å². The largest absolute Gasteiger partial charge is 0.479 e. The van der Waals surface area contributed by atoms with Crippen molar-refractivity contribution < 1.29 is 4.74 Å². The van der Waals surface area contributed by atoms with Crippen LogP contribution in [0.15, 0.2) is 46.9 Å². The Labute approximate surface area is 131 Å². The number of anilines is 1. The van der Waals surface area contributed by atoms with E-state index >= 15 is 0 Å². The summed E-state index contributed by atoms with van der Waals surface area (Å²) >= 11 is 3.39. The van der Waals surface area contributed by atoms with E-state index in [0.717, 1.165) is 15.7 Å². The second-order valence-electron chi connectivity index (χ2n) is 4.25. The molecule has 0 unspecified atom stereocenters. The molecule has 1 N–H and O–H groups in total. The van der Waals surface area contributed by atoms with Crippen LogP contribution >= 0.6 is 15.9 Å². The quantitative estimate of drug-likeness (QED) is 0.896. The SMILES string of the molecule is N#CCOc1ccc(CNc2cc(Br)ccc2C#N)cc1. The Balaban J connectivity index is 2.02. The van der Waals surface area contributed by atoms with E-state index in [1.54, 1.807) is 6.07 Å². The molecule has 0 aromatic heterocycles. The van der Waals surface area contributed by atoms with Gasteiger partial charge in [-0.3, -0.25) is 0 Å². The Bertz CT molecular complexity index is 699. The molecule has 0 saturated heterocycles. The maximum absolute atomic E-state index is 9.08. The van der Waals surface area contributed by atoms with Crippen molar-refractivity contribution in [1.29, 1.82) is 10.5 Å². The van der Waals surface area contributed by atoms with Crippen LogP contribution in [0.5, 0.6) is 5.75 Å². The molecule has 0 amide bonds. The highest BCUT2D eigenvalue weighted by atomic mass is 79.9. The van der Waals surface area contributed by atoms with E-state index in [1.807, 2.05) is 42.5 Å². The Morgan fingerprint density at radius 2 is 1.86 bits per heavy atom. The summed E-state index contributed by atoms with van der Waals surface area (Å²) in [6.45, 7) is 0.644. The first-order chi connectivity index (χ1) is 10.2. The summed E-state index contributed by atoms with van der Waals surface area (Å²) in [6.07, 6.45) is 0. The molecule has 0 fully saturated rings. The Morgan fingerprint density at radius 1 is 1.10 bits per heavy atom. The normalized spacial score (nSPS) is 9.48. The van der Waals surface area contributed by atoms with Gasteiger partial charge in [-0.25, -0.2) is 0 Å². The number of ether oxygens (including phenoxy) is 1. The van der Waals surface area contributed by atoms with Crippen LogP contribution < -0.4 is 10.1 Å². The fourth-order valence-corrected chi connectivity index (χ4v) is 2.14. The molecule has 5 heteroatoms. The second kappa shape index (κ2) is 7.33. The lowest BCUT2D eigenvalue weighted by atomic mass is 10.1. The first-order valence-electron chi connectivity index (χ1n) is 6.25. The lowest BCUT2D eigenvalue weighted by molar-refractivity contribution is 0.368. The van der Waals surface area contributed by atoms with Crippen molar-refractivity contribution in [3.63, 3.8) is 0 Å². The summed E-state index contributed by atoms with van der Waals surface area (Å²) in [5.41, 5.74) is 2.45. The number of rotatable bonds is 5. The van der Waals surface area contributed by atoms with Gasteiger partial charge in [0.15, 0.2) is 6.61 Å². The summed E-state index contributed by atoms with van der Waals surface area (Å²) in [6, 6.07) is 17.0. The third-order valence-electron chi connectivity index (χ3n) is 2.81. The van der Waals surface area contributed by atoms with E-state index in [0.29, 0.717) is 17.9 Å². The molecule has 0 heterocycles. The van der Waals surface area contributed by atoms with Crippen LogP contribution in [0, 0.1) is 22.7 Å². The molecule has 0 atom stereocenters. The minimum Gasteiger partial charge on any atom is -0.479 e. The molecule has 0 aliphatic rings. The molecular formula is C16H12BrN3O. The molecule has 4 nitrogen and oxygen atoms in total. The summed E-state index contributed by atoms with van der Waals surface area (Å²) < 4.78 is 6.11. The zero-order chi connectivity index (χ0) is 15.1. The fourth-order valence-electron chi connectivity index (χ4n) is 1.78. The molecule has 0 saturated carbocycles. The zero-order valence-corrected chi connectivity index (χ0v) is 12.7. The van der Waals surface area contributed by atoms with Gasteiger partial charge in [-0.15, -0.1) is 0 Å². The van der Waals surface area contributed by atoms with Gasteiger partial charge in [-0.1, -0.05) is 28.1 Å². The van der Waals surface area contributed by atoms with Crippen LogP contribution in [0.4, 0.5) is 5.69 Å². The fraction of sp³-hybridized carbons (Fsp3) is 0.125. The molecule has 2 rings (SSSR count). The lowest BCUT2D eigenvalue weighted by Gasteiger charge is -2.09. The highest BCUT2D eigenvalue weighted by Crippen LogP contribution is 2.22. The number of nitrogens with zero attached hydrogens (tertiary/aromatic N) is 2. The van der Waals surface area contributed by atoms with Crippen molar-refractivity contribution in [3.8, 4) is 17.9 Å². The lowest BCUT2D eigenvalue weighted by Crippen LogP contribution is -2.01. The van der Waals surface area contributed by atoms with Crippen LogP contribution in [0.1, 0.15) is 11.1 Å². The van der Waals surface area contributed by atoms with Crippen LogP contribution in [0.25, 0.3) is 0 Å². The molecule has 21 heavy (non-hydrogen) atoms. The molecule has 2 aromatic rings. The number of hydrogen-bond acceptors (Lipinski definition) is 4. The van der Waals surface area contributed by atoms with Gasteiger partial charge in [-0.05, 0) is 35.9 Å². The summed E-state index contributed by atoms with van der Waals surface area (Å²) in [5.74, 6) is 0.667. The molecule has 0 aliphatic heterocycles. The Morgan fingerprint density at radius 3 is 2.52 bits per heavy atom. The number of nitrogens with one attached hydrogen (secondary N) is 1. The van der Waals surface area contributed by atoms with Gasteiger partial charge in [0.2, 0.25) is 0 Å². The Kier molecular flexibility index (Phi) is 5.20. The summed E-state index contributed by atoms with van der Waals surface area (Å²) in [5, 5.41) is 20.8. The number of benzene rings is 2. The molecule has 0 radical (unpaired) electrons. The average molecular weight is 342 g/mol. The summed E-state index contributed by atoms with van der Waals surface area (Å²) in [7, 11) is 0. The topological polar surface area (TPSA) is 68.8 Å². The highest BCUT2D eigenvalue weighted by Gasteiger charge is 2.03. The third kappa shape index (κ3) is 4.24. The average Bonchev–Trinajstić information content (AvgIpc) is 2.52. The van der Waals surface area contributed by atoms with E-state index in [9.17, 15) is 0 Å². The van der Waals surface area contributed by atoms with E-state index in [4.69, 9.17) is 15.3 Å². The van der Waals surface area contributed by atoms with Gasteiger partial charge in [0, 0.05) is 11.0 Å². The van der Waals surface area contributed by atoms with Crippen LogP contribution in [-0.2, 0) is 6.54 Å². The zero-order valence-electron chi connectivity index (χ0n) is 11.1. The number of halogens is 1. The second-order valence-corrected chi connectivity index (χ2v) is 5.16. The number of hydrogen-bond donors (Lipinski definition) is 1. The molecule has 0 bridgehead atoms. The van der Waals surface area contributed by atoms with E-state index in [-0.39, 0.29) is 6.61 Å². The van der Waals surface area contributed by atoms with Crippen molar-refractivity contribution in [3.05, 3.63) is 58.1 Å². The third-order valence-corrected chi connectivity index (χ3v) is 3.31. The molecule has 0 aliphatic carbocycles. The maximum atomic E-state index is 9.08. The first kappa shape index (κ1) is 14.9. The predicted octanol–water partition coefficient (Wildman–Crippen LogP) is 3.84. The molecule has 0 spiro atoms.